The molecule has 0 aliphatic carbocycles. The summed E-state index contributed by atoms with van der Waals surface area (Å²) in [5.41, 5.74) is 0. The van der Waals surface area contributed by atoms with Gasteiger partial charge < -0.3 is 20.0 Å². The van der Waals surface area contributed by atoms with E-state index in [1.807, 2.05) is 0 Å². The van der Waals surface area contributed by atoms with Crippen LogP contribution in [-0.4, -0.2) is 44.8 Å². The molecule has 8 heteroatoms. The van der Waals surface area contributed by atoms with Crippen LogP contribution in [0.3, 0.4) is 0 Å². The van der Waals surface area contributed by atoms with Crippen molar-refractivity contribution in [1.29, 1.82) is 0 Å². The quantitative estimate of drug-likeness (QED) is 0.327. The maximum absolute atomic E-state index is 10.5. The smallest absolute Gasteiger partial charge is 0.390 e. The van der Waals surface area contributed by atoms with Crippen molar-refractivity contribution < 1.29 is 14.8 Å². The van der Waals surface area contributed by atoms with E-state index in [0.29, 0.717) is 12.5 Å². The summed E-state index contributed by atoms with van der Waals surface area (Å²) in [7, 11) is 0. The number of halogens is 1. The lowest BCUT2D eigenvalue weighted by Crippen LogP contribution is -2.22. The topological polar surface area (TPSA) is 90.4 Å². The van der Waals surface area contributed by atoms with E-state index in [1.165, 1.54) is 17.0 Å². The average molecular weight is 250 g/mol. The molecule has 1 atom stereocenters. The number of aromatic nitrogens is 2. The monoisotopic (exact) mass is 249 g/mol. The Kier molecular flexibility index (Phi) is 5.17. The van der Waals surface area contributed by atoms with Gasteiger partial charge in [0.15, 0.2) is 0 Å². The van der Waals surface area contributed by atoms with E-state index in [4.69, 9.17) is 16.3 Å². The second kappa shape index (κ2) is 6.41. The van der Waals surface area contributed by atoms with Crippen molar-refractivity contribution in [3.05, 3.63) is 22.5 Å². The van der Waals surface area contributed by atoms with Crippen molar-refractivity contribution in [1.82, 2.24) is 9.55 Å². The SMILES string of the molecule is O=[N+]([O-])c1nccn1CC(O)COCCCl. The molecule has 1 aromatic heterocycles. The van der Waals surface area contributed by atoms with Crippen LogP contribution in [0.15, 0.2) is 12.4 Å². The molecule has 0 aliphatic heterocycles. The Bertz CT molecular complexity index is 344. The zero-order valence-corrected chi connectivity index (χ0v) is 9.21. The number of alkyl halides is 1. The molecular formula is C8H12ClN3O4. The molecule has 16 heavy (non-hydrogen) atoms. The molecule has 1 N–H and O–H groups in total. The highest BCUT2D eigenvalue weighted by Crippen LogP contribution is 2.08. The van der Waals surface area contributed by atoms with E-state index < -0.39 is 11.0 Å². The summed E-state index contributed by atoms with van der Waals surface area (Å²) in [5, 5.41) is 20.0. The maximum Gasteiger partial charge on any atom is 0.434 e. The first kappa shape index (κ1) is 12.9. The van der Waals surface area contributed by atoms with E-state index in [2.05, 4.69) is 4.98 Å². The van der Waals surface area contributed by atoms with Gasteiger partial charge in [-0.25, -0.2) is 4.57 Å². The molecule has 0 saturated heterocycles. The maximum atomic E-state index is 10.5. The Morgan fingerprint density at radius 1 is 1.75 bits per heavy atom. The van der Waals surface area contributed by atoms with Crippen LogP contribution in [0.1, 0.15) is 0 Å². The fourth-order valence-electron chi connectivity index (χ4n) is 1.17. The molecule has 0 spiro atoms. The van der Waals surface area contributed by atoms with Crippen LogP contribution in [0.4, 0.5) is 5.95 Å². The van der Waals surface area contributed by atoms with Gasteiger partial charge in [-0.3, -0.25) is 0 Å². The third kappa shape index (κ3) is 3.76. The van der Waals surface area contributed by atoms with Crippen LogP contribution in [0, 0.1) is 10.1 Å². The first-order valence-electron chi connectivity index (χ1n) is 4.62. The lowest BCUT2D eigenvalue weighted by molar-refractivity contribution is -0.397. The molecule has 0 saturated carbocycles. The predicted octanol–water partition coefficient (Wildman–Crippen LogP) is 0.408. The lowest BCUT2D eigenvalue weighted by atomic mass is 10.4. The predicted molar refractivity (Wildman–Crippen MR) is 56.4 cm³/mol. The largest absolute Gasteiger partial charge is 0.434 e. The van der Waals surface area contributed by atoms with E-state index in [1.54, 1.807) is 0 Å². The molecule has 0 fully saturated rings. The van der Waals surface area contributed by atoms with Gasteiger partial charge in [0.05, 0.1) is 19.8 Å². The highest BCUT2D eigenvalue weighted by molar-refractivity contribution is 6.17. The summed E-state index contributed by atoms with van der Waals surface area (Å²) in [6.07, 6.45) is 1.92. The van der Waals surface area contributed by atoms with Crippen LogP contribution >= 0.6 is 11.6 Å². The Hall–Kier alpha value is -1.18. The molecule has 0 radical (unpaired) electrons. The van der Waals surface area contributed by atoms with E-state index in [-0.39, 0.29) is 19.1 Å². The molecule has 7 nitrogen and oxygen atoms in total. The Labute approximate surface area is 96.8 Å². The number of aliphatic hydroxyl groups is 1. The second-order valence-electron chi connectivity index (χ2n) is 3.05. The molecule has 90 valence electrons. The van der Waals surface area contributed by atoms with E-state index in [9.17, 15) is 15.2 Å². The van der Waals surface area contributed by atoms with Crippen LogP contribution in [-0.2, 0) is 11.3 Å². The summed E-state index contributed by atoms with van der Waals surface area (Å²) in [5.74, 6) is 0.0502. The van der Waals surface area contributed by atoms with Gasteiger partial charge in [-0.05, 0) is 4.92 Å². The summed E-state index contributed by atoms with van der Waals surface area (Å²) < 4.78 is 6.27. The average Bonchev–Trinajstić information content (AvgIpc) is 2.66. The molecule has 0 amide bonds. The number of nitro groups is 1. The summed E-state index contributed by atoms with van der Waals surface area (Å²) in [6, 6.07) is 0. The van der Waals surface area contributed by atoms with Crippen molar-refractivity contribution in [2.75, 3.05) is 19.1 Å². The summed E-state index contributed by atoms with van der Waals surface area (Å²) in [6.45, 7) is 0.491. The normalized spacial score (nSPS) is 12.6. The standard InChI is InChI=1S/C8H12ClN3O4/c9-1-4-16-6-7(13)5-11-3-2-10-8(11)12(14)15/h2-3,7,13H,1,4-6H2. The molecule has 0 bridgehead atoms. The summed E-state index contributed by atoms with van der Waals surface area (Å²) >= 11 is 5.38. The van der Waals surface area contributed by atoms with Gasteiger partial charge >= 0.3 is 5.95 Å². The number of imidazole rings is 1. The number of aliphatic hydroxyl groups excluding tert-OH is 1. The minimum atomic E-state index is -0.823. The van der Waals surface area contributed by atoms with Crippen LogP contribution in [0.25, 0.3) is 0 Å². The van der Waals surface area contributed by atoms with E-state index >= 15 is 0 Å². The van der Waals surface area contributed by atoms with Gasteiger partial charge in [-0.1, -0.05) is 4.98 Å². The van der Waals surface area contributed by atoms with Gasteiger partial charge in [-0.2, -0.15) is 0 Å². The number of rotatable bonds is 7. The van der Waals surface area contributed by atoms with Crippen molar-refractivity contribution in [2.24, 2.45) is 0 Å². The first-order chi connectivity index (χ1) is 7.65. The number of hydrogen-bond donors (Lipinski definition) is 1. The first-order valence-corrected chi connectivity index (χ1v) is 5.16. The fourth-order valence-corrected chi connectivity index (χ4v) is 1.28. The fraction of sp³-hybridized carbons (Fsp3) is 0.625. The van der Waals surface area contributed by atoms with Gasteiger partial charge in [-0.15, -0.1) is 11.6 Å². The highest BCUT2D eigenvalue weighted by Gasteiger charge is 2.17. The molecule has 1 rings (SSSR count). The van der Waals surface area contributed by atoms with Crippen molar-refractivity contribution in [2.45, 2.75) is 12.6 Å². The van der Waals surface area contributed by atoms with Crippen LogP contribution in [0.2, 0.25) is 0 Å². The van der Waals surface area contributed by atoms with Crippen molar-refractivity contribution >= 4 is 17.5 Å². The minimum absolute atomic E-state index is 0.0681. The van der Waals surface area contributed by atoms with Gasteiger partial charge in [0.2, 0.25) is 0 Å². The number of hydrogen-bond acceptors (Lipinski definition) is 5. The van der Waals surface area contributed by atoms with Crippen LogP contribution in [0.5, 0.6) is 0 Å². The van der Waals surface area contributed by atoms with Gasteiger partial charge in [0.1, 0.15) is 18.5 Å². The Morgan fingerprint density at radius 3 is 3.12 bits per heavy atom. The van der Waals surface area contributed by atoms with Gasteiger partial charge in [0.25, 0.3) is 0 Å². The Balaban J connectivity index is 2.46. The third-order valence-corrected chi connectivity index (χ3v) is 1.95. The van der Waals surface area contributed by atoms with Crippen molar-refractivity contribution in [3.8, 4) is 0 Å². The second-order valence-corrected chi connectivity index (χ2v) is 3.43. The highest BCUT2D eigenvalue weighted by atomic mass is 35.5. The molecule has 1 aromatic rings. The zero-order chi connectivity index (χ0) is 12.0. The van der Waals surface area contributed by atoms with Crippen LogP contribution < -0.4 is 0 Å². The lowest BCUT2D eigenvalue weighted by Gasteiger charge is -2.09. The van der Waals surface area contributed by atoms with Gasteiger partial charge in [0, 0.05) is 5.88 Å². The van der Waals surface area contributed by atoms with E-state index in [0.717, 1.165) is 0 Å². The molecule has 0 aliphatic rings. The number of ether oxygens (including phenoxy) is 1. The van der Waals surface area contributed by atoms with Crippen molar-refractivity contribution in [3.63, 3.8) is 0 Å². The molecule has 1 unspecified atom stereocenters. The minimum Gasteiger partial charge on any atom is -0.390 e. The Morgan fingerprint density at radius 2 is 2.50 bits per heavy atom. The molecule has 1 heterocycles. The summed E-state index contributed by atoms with van der Waals surface area (Å²) in [4.78, 5) is 13.5. The third-order valence-electron chi connectivity index (χ3n) is 1.80. The molecular weight excluding hydrogens is 238 g/mol. The zero-order valence-electron chi connectivity index (χ0n) is 8.45. The number of nitrogens with zero attached hydrogens (tertiary/aromatic N) is 3. The molecule has 0 aromatic carbocycles.